The smallest absolute Gasteiger partial charge is 0.312 e. The Hall–Kier alpha value is -2.02. The highest BCUT2D eigenvalue weighted by Crippen LogP contribution is 2.28. The lowest BCUT2D eigenvalue weighted by Crippen LogP contribution is -2.24. The first kappa shape index (κ1) is 13.9. The standard InChI is InChI=1S/C14H15N3O3S/c1-8(18)21-7-9-4-13(19)17(6-9)10-2-3-11-12(5-10)16-14(20)15-11/h2-3,5,9H,4,6-7H2,1H3,(H2,15,16,20). The van der Waals surface area contributed by atoms with Crippen molar-refractivity contribution in [1.29, 1.82) is 0 Å². The van der Waals surface area contributed by atoms with Crippen molar-refractivity contribution in [2.75, 3.05) is 17.2 Å². The van der Waals surface area contributed by atoms with Gasteiger partial charge in [0.05, 0.1) is 11.0 Å². The first-order valence-corrected chi connectivity index (χ1v) is 7.67. The fourth-order valence-corrected chi connectivity index (χ4v) is 3.26. The average molecular weight is 305 g/mol. The van der Waals surface area contributed by atoms with E-state index in [4.69, 9.17) is 0 Å². The Balaban J connectivity index is 1.80. The molecule has 1 atom stereocenters. The van der Waals surface area contributed by atoms with E-state index >= 15 is 0 Å². The second-order valence-corrected chi connectivity index (χ2v) is 6.38. The van der Waals surface area contributed by atoms with Crippen molar-refractivity contribution in [3.63, 3.8) is 0 Å². The highest BCUT2D eigenvalue weighted by molar-refractivity contribution is 8.13. The van der Waals surface area contributed by atoms with E-state index in [9.17, 15) is 14.4 Å². The molecule has 1 aromatic carbocycles. The Labute approximate surface area is 124 Å². The molecule has 1 aromatic heterocycles. The number of aromatic nitrogens is 2. The molecule has 2 heterocycles. The fraction of sp³-hybridized carbons (Fsp3) is 0.357. The quantitative estimate of drug-likeness (QED) is 0.899. The topological polar surface area (TPSA) is 86.0 Å². The zero-order valence-corrected chi connectivity index (χ0v) is 12.3. The van der Waals surface area contributed by atoms with Crippen LogP contribution in [0.2, 0.25) is 0 Å². The number of aromatic amines is 2. The van der Waals surface area contributed by atoms with E-state index in [-0.39, 0.29) is 22.6 Å². The van der Waals surface area contributed by atoms with Crippen molar-refractivity contribution >= 4 is 39.5 Å². The molecular formula is C14H15N3O3S. The van der Waals surface area contributed by atoms with Gasteiger partial charge in [0.1, 0.15) is 0 Å². The Morgan fingerprint density at radius 1 is 1.33 bits per heavy atom. The van der Waals surface area contributed by atoms with Gasteiger partial charge in [-0.1, -0.05) is 11.8 Å². The predicted molar refractivity (Wildman–Crippen MR) is 82.5 cm³/mol. The second-order valence-electron chi connectivity index (χ2n) is 5.19. The minimum Gasteiger partial charge on any atom is -0.312 e. The normalized spacial score (nSPS) is 18.6. The first-order valence-electron chi connectivity index (χ1n) is 6.68. The van der Waals surface area contributed by atoms with Crippen LogP contribution in [0.4, 0.5) is 5.69 Å². The van der Waals surface area contributed by atoms with Crippen LogP contribution in [0.3, 0.4) is 0 Å². The zero-order chi connectivity index (χ0) is 15.0. The molecule has 1 saturated heterocycles. The molecule has 1 aliphatic rings. The average Bonchev–Trinajstić information content (AvgIpc) is 2.97. The molecule has 7 heteroatoms. The van der Waals surface area contributed by atoms with Crippen molar-refractivity contribution in [2.24, 2.45) is 5.92 Å². The number of H-pyrrole nitrogens is 2. The van der Waals surface area contributed by atoms with Crippen LogP contribution in [0.5, 0.6) is 0 Å². The molecule has 1 unspecified atom stereocenters. The molecule has 0 spiro atoms. The number of carbonyl (C=O) groups is 2. The minimum atomic E-state index is -0.259. The number of rotatable bonds is 3. The van der Waals surface area contributed by atoms with Crippen LogP contribution in [0.15, 0.2) is 23.0 Å². The summed E-state index contributed by atoms with van der Waals surface area (Å²) in [7, 11) is 0. The molecule has 2 N–H and O–H groups in total. The van der Waals surface area contributed by atoms with Gasteiger partial charge in [-0.2, -0.15) is 0 Å². The van der Waals surface area contributed by atoms with E-state index in [1.54, 1.807) is 17.0 Å². The Morgan fingerprint density at radius 2 is 2.10 bits per heavy atom. The molecule has 0 aliphatic carbocycles. The van der Waals surface area contributed by atoms with E-state index in [0.29, 0.717) is 24.2 Å². The van der Waals surface area contributed by atoms with Crippen molar-refractivity contribution < 1.29 is 9.59 Å². The van der Waals surface area contributed by atoms with Gasteiger partial charge < -0.3 is 14.9 Å². The number of anilines is 1. The van der Waals surface area contributed by atoms with Crippen molar-refractivity contribution in [3.05, 3.63) is 28.7 Å². The number of imidazole rings is 1. The van der Waals surface area contributed by atoms with Gasteiger partial charge in [-0.15, -0.1) is 0 Å². The number of carbonyl (C=O) groups excluding carboxylic acids is 2. The molecule has 1 aliphatic heterocycles. The maximum Gasteiger partial charge on any atom is 0.323 e. The van der Waals surface area contributed by atoms with Gasteiger partial charge in [0.25, 0.3) is 0 Å². The maximum atomic E-state index is 12.1. The maximum absolute atomic E-state index is 12.1. The van der Waals surface area contributed by atoms with E-state index in [0.717, 1.165) is 11.2 Å². The van der Waals surface area contributed by atoms with Crippen molar-refractivity contribution in [3.8, 4) is 0 Å². The van der Waals surface area contributed by atoms with Gasteiger partial charge in [-0.3, -0.25) is 9.59 Å². The molecule has 6 nitrogen and oxygen atoms in total. The third-order valence-electron chi connectivity index (χ3n) is 3.54. The van der Waals surface area contributed by atoms with Crippen LogP contribution in [-0.4, -0.2) is 33.3 Å². The van der Waals surface area contributed by atoms with Gasteiger partial charge in [-0.05, 0) is 24.1 Å². The molecule has 3 rings (SSSR count). The van der Waals surface area contributed by atoms with Gasteiger partial charge >= 0.3 is 5.69 Å². The van der Waals surface area contributed by atoms with E-state index in [1.807, 2.05) is 6.07 Å². The number of nitrogens with zero attached hydrogens (tertiary/aromatic N) is 1. The molecule has 0 saturated carbocycles. The number of fused-ring (bicyclic) bond motifs is 1. The lowest BCUT2D eigenvalue weighted by Gasteiger charge is -2.16. The van der Waals surface area contributed by atoms with Crippen LogP contribution in [0, 0.1) is 5.92 Å². The number of hydrogen-bond donors (Lipinski definition) is 2. The summed E-state index contributed by atoms with van der Waals surface area (Å²) in [5.41, 5.74) is 1.93. The molecule has 110 valence electrons. The monoisotopic (exact) mass is 305 g/mol. The molecular weight excluding hydrogens is 290 g/mol. The SMILES string of the molecule is CC(=O)SCC1CC(=O)N(c2ccc3[nH]c(=O)[nH]c3c2)C1. The Bertz CT molecular complexity index is 764. The Morgan fingerprint density at radius 3 is 2.86 bits per heavy atom. The summed E-state index contributed by atoms with van der Waals surface area (Å²) in [6.45, 7) is 2.15. The van der Waals surface area contributed by atoms with Gasteiger partial charge in [0, 0.05) is 31.3 Å². The second kappa shape index (κ2) is 5.40. The summed E-state index contributed by atoms with van der Waals surface area (Å²) in [4.78, 5) is 41.5. The van der Waals surface area contributed by atoms with Crippen LogP contribution >= 0.6 is 11.8 Å². The summed E-state index contributed by atoms with van der Waals surface area (Å²) < 4.78 is 0. The third kappa shape index (κ3) is 2.87. The summed E-state index contributed by atoms with van der Waals surface area (Å²) >= 11 is 1.26. The first-order chi connectivity index (χ1) is 10.0. The number of nitrogens with one attached hydrogen (secondary N) is 2. The summed E-state index contributed by atoms with van der Waals surface area (Å²) in [5.74, 6) is 0.912. The van der Waals surface area contributed by atoms with Crippen LogP contribution in [0.25, 0.3) is 11.0 Å². The summed E-state index contributed by atoms with van der Waals surface area (Å²) in [5, 5.41) is 0.0761. The number of benzene rings is 1. The lowest BCUT2D eigenvalue weighted by atomic mass is 10.1. The number of thioether (sulfide) groups is 1. The van der Waals surface area contributed by atoms with Gasteiger partial charge in [0.2, 0.25) is 5.91 Å². The lowest BCUT2D eigenvalue weighted by molar-refractivity contribution is -0.117. The fourth-order valence-electron chi connectivity index (χ4n) is 2.57. The van der Waals surface area contributed by atoms with E-state index in [1.165, 1.54) is 18.7 Å². The molecule has 0 bridgehead atoms. The number of amides is 1. The highest BCUT2D eigenvalue weighted by Gasteiger charge is 2.30. The molecule has 1 fully saturated rings. The third-order valence-corrected chi connectivity index (χ3v) is 4.58. The van der Waals surface area contributed by atoms with Gasteiger partial charge in [0.15, 0.2) is 5.12 Å². The molecule has 21 heavy (non-hydrogen) atoms. The van der Waals surface area contributed by atoms with Gasteiger partial charge in [-0.25, -0.2) is 4.79 Å². The highest BCUT2D eigenvalue weighted by atomic mass is 32.2. The number of hydrogen-bond acceptors (Lipinski definition) is 4. The molecule has 0 radical (unpaired) electrons. The Kier molecular flexibility index (Phi) is 3.59. The van der Waals surface area contributed by atoms with Crippen LogP contribution < -0.4 is 10.6 Å². The minimum absolute atomic E-state index is 0.0568. The summed E-state index contributed by atoms with van der Waals surface area (Å²) in [6.07, 6.45) is 0.460. The van der Waals surface area contributed by atoms with Crippen LogP contribution in [-0.2, 0) is 9.59 Å². The zero-order valence-electron chi connectivity index (χ0n) is 11.5. The largest absolute Gasteiger partial charge is 0.323 e. The molecule has 2 aromatic rings. The van der Waals surface area contributed by atoms with E-state index in [2.05, 4.69) is 9.97 Å². The van der Waals surface area contributed by atoms with Crippen molar-refractivity contribution in [2.45, 2.75) is 13.3 Å². The predicted octanol–water partition coefficient (Wildman–Crippen LogP) is 1.49. The van der Waals surface area contributed by atoms with E-state index < -0.39 is 0 Å². The molecule has 1 amide bonds. The summed E-state index contributed by atoms with van der Waals surface area (Å²) in [6, 6.07) is 5.41. The van der Waals surface area contributed by atoms with Crippen LogP contribution in [0.1, 0.15) is 13.3 Å². The van der Waals surface area contributed by atoms with Crippen molar-refractivity contribution in [1.82, 2.24) is 9.97 Å².